The van der Waals surface area contributed by atoms with Crippen LogP contribution in [-0.4, -0.2) is 16.8 Å². The highest BCUT2D eigenvalue weighted by Crippen LogP contribution is 2.13. The minimum absolute atomic E-state index is 0.00574. The van der Waals surface area contributed by atoms with Crippen molar-refractivity contribution in [2.24, 2.45) is 0 Å². The van der Waals surface area contributed by atoms with E-state index < -0.39 is 0 Å². The lowest BCUT2D eigenvalue weighted by Gasteiger charge is -2.09. The Morgan fingerprint density at radius 1 is 1.09 bits per heavy atom. The standard InChI is InChI=1S/C18H21NO2S/c1-14-6-8-15(9-7-14)12-22-13-18(21)19-10-16-4-2-3-5-17(16)11-20/h2-9,20H,10-13H2,1H3,(H,19,21). The summed E-state index contributed by atoms with van der Waals surface area (Å²) in [6.45, 7) is 2.52. The molecule has 1 amide bonds. The number of benzene rings is 2. The van der Waals surface area contributed by atoms with Crippen LogP contribution in [0.2, 0.25) is 0 Å². The fraction of sp³-hybridized carbons (Fsp3) is 0.278. The van der Waals surface area contributed by atoms with Crippen LogP contribution in [0.4, 0.5) is 0 Å². The van der Waals surface area contributed by atoms with Crippen molar-refractivity contribution in [2.75, 3.05) is 5.75 Å². The molecule has 0 heterocycles. The van der Waals surface area contributed by atoms with E-state index in [1.165, 1.54) is 11.1 Å². The first-order valence-corrected chi connectivity index (χ1v) is 8.42. The van der Waals surface area contributed by atoms with Gasteiger partial charge in [0.05, 0.1) is 12.4 Å². The molecule has 116 valence electrons. The summed E-state index contributed by atoms with van der Waals surface area (Å²) >= 11 is 1.60. The molecule has 4 heteroatoms. The lowest BCUT2D eigenvalue weighted by atomic mass is 10.1. The number of amides is 1. The maximum Gasteiger partial charge on any atom is 0.230 e. The number of carbonyl (C=O) groups is 1. The molecule has 0 bridgehead atoms. The van der Waals surface area contributed by atoms with Crippen molar-refractivity contribution in [3.63, 3.8) is 0 Å². The van der Waals surface area contributed by atoms with E-state index in [1.54, 1.807) is 11.8 Å². The fourth-order valence-electron chi connectivity index (χ4n) is 2.07. The average molecular weight is 315 g/mol. The SMILES string of the molecule is Cc1ccc(CSCC(=O)NCc2ccccc2CO)cc1. The van der Waals surface area contributed by atoms with E-state index >= 15 is 0 Å². The Balaban J connectivity index is 1.73. The first-order chi connectivity index (χ1) is 10.7. The minimum atomic E-state index is -0.00574. The Labute approximate surface area is 135 Å². The van der Waals surface area contributed by atoms with Gasteiger partial charge in [-0.1, -0.05) is 54.1 Å². The third kappa shape index (κ3) is 5.20. The van der Waals surface area contributed by atoms with Gasteiger partial charge in [-0.25, -0.2) is 0 Å². The molecule has 2 aromatic rings. The monoisotopic (exact) mass is 315 g/mol. The van der Waals surface area contributed by atoms with Crippen molar-refractivity contribution in [2.45, 2.75) is 25.8 Å². The van der Waals surface area contributed by atoms with E-state index in [0.717, 1.165) is 16.9 Å². The van der Waals surface area contributed by atoms with Crippen LogP contribution in [0.1, 0.15) is 22.3 Å². The summed E-state index contributed by atoms with van der Waals surface area (Å²) < 4.78 is 0. The van der Waals surface area contributed by atoms with Gasteiger partial charge in [0.2, 0.25) is 5.91 Å². The van der Waals surface area contributed by atoms with Crippen molar-refractivity contribution in [1.29, 1.82) is 0 Å². The zero-order valence-electron chi connectivity index (χ0n) is 12.7. The second-order valence-electron chi connectivity index (χ2n) is 5.18. The van der Waals surface area contributed by atoms with E-state index in [2.05, 4.69) is 36.5 Å². The molecule has 2 rings (SSSR count). The maximum atomic E-state index is 11.9. The first-order valence-electron chi connectivity index (χ1n) is 7.26. The zero-order valence-corrected chi connectivity index (χ0v) is 13.5. The number of aliphatic hydroxyl groups is 1. The van der Waals surface area contributed by atoms with E-state index in [0.29, 0.717) is 12.3 Å². The highest BCUT2D eigenvalue weighted by molar-refractivity contribution is 7.99. The molecule has 3 nitrogen and oxygen atoms in total. The summed E-state index contributed by atoms with van der Waals surface area (Å²) in [7, 11) is 0. The number of aliphatic hydroxyl groups excluding tert-OH is 1. The van der Waals surface area contributed by atoms with Crippen molar-refractivity contribution < 1.29 is 9.90 Å². The van der Waals surface area contributed by atoms with Gasteiger partial charge in [0.1, 0.15) is 0 Å². The number of rotatable bonds is 7. The quantitative estimate of drug-likeness (QED) is 0.826. The number of thioether (sulfide) groups is 1. The number of aryl methyl sites for hydroxylation is 1. The molecule has 0 radical (unpaired) electrons. The zero-order chi connectivity index (χ0) is 15.8. The topological polar surface area (TPSA) is 49.3 Å². The van der Waals surface area contributed by atoms with E-state index in [1.807, 2.05) is 24.3 Å². The molecule has 2 aromatic carbocycles. The third-order valence-electron chi connectivity index (χ3n) is 3.39. The summed E-state index contributed by atoms with van der Waals surface area (Å²) in [5.74, 6) is 1.29. The Hall–Kier alpha value is -1.78. The molecule has 0 saturated heterocycles. The Morgan fingerprint density at radius 2 is 1.77 bits per heavy atom. The highest BCUT2D eigenvalue weighted by Gasteiger charge is 2.05. The fourth-order valence-corrected chi connectivity index (χ4v) is 2.89. The third-order valence-corrected chi connectivity index (χ3v) is 4.39. The van der Waals surface area contributed by atoms with Crippen molar-refractivity contribution in [3.05, 3.63) is 70.8 Å². The molecule has 0 aliphatic rings. The van der Waals surface area contributed by atoms with Crippen LogP contribution >= 0.6 is 11.8 Å². The largest absolute Gasteiger partial charge is 0.392 e. The van der Waals surface area contributed by atoms with E-state index in [4.69, 9.17) is 0 Å². The minimum Gasteiger partial charge on any atom is -0.392 e. The Bertz CT molecular complexity index is 611. The number of nitrogens with one attached hydrogen (secondary N) is 1. The van der Waals surface area contributed by atoms with Crippen LogP contribution in [0.25, 0.3) is 0 Å². The smallest absolute Gasteiger partial charge is 0.230 e. The van der Waals surface area contributed by atoms with Crippen LogP contribution < -0.4 is 5.32 Å². The molecule has 0 aliphatic heterocycles. The molecule has 0 spiro atoms. The van der Waals surface area contributed by atoms with Crippen molar-refractivity contribution >= 4 is 17.7 Å². The Kier molecular flexibility index (Phi) is 6.49. The lowest BCUT2D eigenvalue weighted by Crippen LogP contribution is -2.25. The number of carbonyl (C=O) groups excluding carboxylic acids is 1. The summed E-state index contributed by atoms with van der Waals surface area (Å²) in [6, 6.07) is 15.9. The van der Waals surface area contributed by atoms with Gasteiger partial charge >= 0.3 is 0 Å². The first kappa shape index (κ1) is 16.6. The summed E-state index contributed by atoms with van der Waals surface area (Å²) in [4.78, 5) is 11.9. The van der Waals surface area contributed by atoms with Gasteiger partial charge in [-0.3, -0.25) is 4.79 Å². The molecule has 0 saturated carbocycles. The molecule has 0 aromatic heterocycles. The van der Waals surface area contributed by atoms with E-state index in [9.17, 15) is 9.90 Å². The van der Waals surface area contributed by atoms with Crippen LogP contribution in [0.5, 0.6) is 0 Å². The molecule has 0 aliphatic carbocycles. The normalized spacial score (nSPS) is 10.5. The van der Waals surface area contributed by atoms with Crippen molar-refractivity contribution in [1.82, 2.24) is 5.32 Å². The number of hydrogen-bond acceptors (Lipinski definition) is 3. The Morgan fingerprint density at radius 3 is 2.45 bits per heavy atom. The predicted octanol–water partition coefficient (Wildman–Crippen LogP) is 3.04. The molecular weight excluding hydrogens is 294 g/mol. The molecule has 22 heavy (non-hydrogen) atoms. The number of hydrogen-bond donors (Lipinski definition) is 2. The van der Waals surface area contributed by atoms with Gasteiger partial charge in [0.15, 0.2) is 0 Å². The molecular formula is C18H21NO2S. The maximum absolute atomic E-state index is 11.9. The molecule has 2 N–H and O–H groups in total. The molecule has 0 atom stereocenters. The van der Waals surface area contributed by atoms with Crippen LogP contribution in [0.15, 0.2) is 48.5 Å². The molecule has 0 fully saturated rings. The van der Waals surface area contributed by atoms with Crippen LogP contribution in [-0.2, 0) is 23.7 Å². The van der Waals surface area contributed by atoms with Crippen molar-refractivity contribution in [3.8, 4) is 0 Å². The van der Waals surface area contributed by atoms with Gasteiger partial charge < -0.3 is 10.4 Å². The molecule has 0 unspecified atom stereocenters. The van der Waals surface area contributed by atoms with Crippen LogP contribution in [0, 0.1) is 6.92 Å². The predicted molar refractivity (Wildman–Crippen MR) is 91.6 cm³/mol. The van der Waals surface area contributed by atoms with Gasteiger partial charge in [-0.05, 0) is 23.6 Å². The van der Waals surface area contributed by atoms with Gasteiger partial charge in [-0.15, -0.1) is 11.8 Å². The second-order valence-corrected chi connectivity index (χ2v) is 6.17. The van der Waals surface area contributed by atoms with Crippen LogP contribution in [0.3, 0.4) is 0 Å². The lowest BCUT2D eigenvalue weighted by molar-refractivity contribution is -0.118. The second kappa shape index (κ2) is 8.61. The van der Waals surface area contributed by atoms with Gasteiger partial charge in [0.25, 0.3) is 0 Å². The summed E-state index contributed by atoms with van der Waals surface area (Å²) in [5, 5.41) is 12.2. The summed E-state index contributed by atoms with van der Waals surface area (Å²) in [5.41, 5.74) is 4.29. The van der Waals surface area contributed by atoms with E-state index in [-0.39, 0.29) is 12.5 Å². The average Bonchev–Trinajstić information content (AvgIpc) is 2.55. The highest BCUT2D eigenvalue weighted by atomic mass is 32.2. The van der Waals surface area contributed by atoms with Gasteiger partial charge in [-0.2, -0.15) is 0 Å². The summed E-state index contributed by atoms with van der Waals surface area (Å²) in [6.07, 6.45) is 0. The van der Waals surface area contributed by atoms with Gasteiger partial charge in [0, 0.05) is 12.3 Å².